The molecule has 0 saturated carbocycles. The lowest BCUT2D eigenvalue weighted by molar-refractivity contribution is 0.264. The van der Waals surface area contributed by atoms with Crippen LogP contribution in [-0.4, -0.2) is 30.0 Å². The van der Waals surface area contributed by atoms with Gasteiger partial charge < -0.3 is 14.6 Å². The van der Waals surface area contributed by atoms with E-state index in [0.29, 0.717) is 12.1 Å². The van der Waals surface area contributed by atoms with Crippen LogP contribution >= 0.6 is 0 Å². The number of hydrogen-bond acceptors (Lipinski definition) is 3. The zero-order valence-corrected chi connectivity index (χ0v) is 10.5. The Kier molecular flexibility index (Phi) is 5.56. The van der Waals surface area contributed by atoms with E-state index in [9.17, 15) is 0 Å². The van der Waals surface area contributed by atoms with Gasteiger partial charge in [0, 0.05) is 19.8 Å². The van der Waals surface area contributed by atoms with Gasteiger partial charge in [0.25, 0.3) is 0 Å². The largest absolute Gasteiger partial charge is 0.400 e. The van der Waals surface area contributed by atoms with E-state index in [1.807, 2.05) is 18.2 Å². The van der Waals surface area contributed by atoms with Crippen molar-refractivity contribution in [2.24, 2.45) is 5.73 Å². The fraction of sp³-hybridized carbons (Fsp3) is 0.455. The Morgan fingerprint density at radius 2 is 1.80 bits per heavy atom. The molecule has 1 unspecified atom stereocenters. The third-order valence-electron chi connectivity index (χ3n) is 2.50. The van der Waals surface area contributed by atoms with Gasteiger partial charge in [0.05, 0.1) is 0 Å². The van der Waals surface area contributed by atoms with E-state index in [1.165, 1.54) is 5.56 Å². The van der Waals surface area contributed by atoms with Gasteiger partial charge in [-0.25, -0.2) is 0 Å². The van der Waals surface area contributed by atoms with Crippen LogP contribution in [0.25, 0.3) is 0 Å². The molecular formula is C11H19NO2Si. The van der Waals surface area contributed by atoms with E-state index in [0.717, 1.165) is 6.42 Å². The Labute approximate surface area is 93.0 Å². The Morgan fingerprint density at radius 1 is 1.20 bits per heavy atom. The monoisotopic (exact) mass is 225 g/mol. The highest BCUT2D eigenvalue weighted by Gasteiger charge is 2.25. The second kappa shape index (κ2) is 6.74. The molecule has 0 fully saturated rings. The number of benzene rings is 1. The number of nitrogens with two attached hydrogens (primary N) is 1. The summed E-state index contributed by atoms with van der Waals surface area (Å²) in [5.41, 5.74) is 7.23. The summed E-state index contributed by atoms with van der Waals surface area (Å²) in [5.74, 6) is 0. The predicted molar refractivity (Wildman–Crippen MR) is 64.0 cm³/mol. The van der Waals surface area contributed by atoms with Gasteiger partial charge in [-0.1, -0.05) is 30.3 Å². The minimum atomic E-state index is -1.63. The van der Waals surface area contributed by atoms with Gasteiger partial charge in [-0.05, 0) is 18.5 Å². The van der Waals surface area contributed by atoms with Gasteiger partial charge in [0.1, 0.15) is 0 Å². The Bertz CT molecular complexity index is 265. The second-order valence-corrected chi connectivity index (χ2v) is 5.92. The van der Waals surface area contributed by atoms with Gasteiger partial charge >= 0.3 is 9.28 Å². The zero-order chi connectivity index (χ0) is 11.1. The van der Waals surface area contributed by atoms with E-state index in [-0.39, 0.29) is 0 Å². The van der Waals surface area contributed by atoms with Crippen molar-refractivity contribution in [1.29, 1.82) is 0 Å². The molecular weight excluding hydrogens is 206 g/mol. The molecule has 84 valence electrons. The summed E-state index contributed by atoms with van der Waals surface area (Å²) < 4.78 is 10.9. The zero-order valence-electron chi connectivity index (χ0n) is 9.35. The van der Waals surface area contributed by atoms with Crippen LogP contribution in [0.3, 0.4) is 0 Å². The highest BCUT2D eigenvalue weighted by atomic mass is 28.3. The first-order valence-corrected chi connectivity index (χ1v) is 6.75. The molecule has 1 aromatic carbocycles. The Hall–Kier alpha value is -0.683. The number of hydrogen-bond donors (Lipinski definition) is 1. The molecule has 0 bridgehead atoms. The molecule has 0 aromatic heterocycles. The number of rotatable bonds is 6. The normalized spacial score (nSPS) is 13.1. The Morgan fingerprint density at radius 3 is 2.27 bits per heavy atom. The summed E-state index contributed by atoms with van der Waals surface area (Å²) in [5, 5.41) is 0. The first-order chi connectivity index (χ1) is 7.33. The summed E-state index contributed by atoms with van der Waals surface area (Å²) in [7, 11) is 1.80. The van der Waals surface area contributed by atoms with E-state index in [2.05, 4.69) is 12.1 Å². The lowest BCUT2D eigenvalue weighted by atomic mass is 10.1. The highest BCUT2D eigenvalue weighted by molar-refractivity contribution is 6.46. The molecule has 0 amide bonds. The average Bonchev–Trinajstić information content (AvgIpc) is 2.30. The van der Waals surface area contributed by atoms with Crippen LogP contribution < -0.4 is 5.73 Å². The fourth-order valence-corrected chi connectivity index (χ4v) is 3.62. The van der Waals surface area contributed by atoms with Crippen molar-refractivity contribution in [1.82, 2.24) is 0 Å². The first-order valence-electron chi connectivity index (χ1n) is 5.14. The van der Waals surface area contributed by atoms with Gasteiger partial charge in [-0.15, -0.1) is 0 Å². The minimum absolute atomic E-state index is 0.339. The Balaban J connectivity index is 2.81. The van der Waals surface area contributed by atoms with E-state index < -0.39 is 9.28 Å². The summed E-state index contributed by atoms with van der Waals surface area (Å²) in [6.45, 7) is 0.662. The SMILES string of the molecule is CO[SiH](OC)C(CCN)c1ccccc1. The maximum absolute atomic E-state index is 5.63. The molecule has 0 aliphatic rings. The molecule has 0 radical (unpaired) electrons. The molecule has 3 nitrogen and oxygen atoms in total. The van der Waals surface area contributed by atoms with E-state index in [1.54, 1.807) is 14.2 Å². The van der Waals surface area contributed by atoms with Crippen molar-refractivity contribution in [2.45, 2.75) is 12.0 Å². The smallest absolute Gasteiger partial charge is 0.328 e. The molecule has 1 aromatic rings. The maximum Gasteiger partial charge on any atom is 0.328 e. The molecule has 0 aliphatic heterocycles. The molecule has 2 N–H and O–H groups in total. The molecule has 0 spiro atoms. The molecule has 1 rings (SSSR count). The quantitative estimate of drug-likeness (QED) is 0.739. The lowest BCUT2D eigenvalue weighted by Crippen LogP contribution is -2.30. The topological polar surface area (TPSA) is 44.5 Å². The van der Waals surface area contributed by atoms with Crippen LogP contribution in [0.2, 0.25) is 0 Å². The maximum atomic E-state index is 5.63. The van der Waals surface area contributed by atoms with Crippen molar-refractivity contribution < 1.29 is 8.85 Å². The molecule has 4 heteroatoms. The van der Waals surface area contributed by atoms with Crippen molar-refractivity contribution in [2.75, 3.05) is 20.8 Å². The highest BCUT2D eigenvalue weighted by Crippen LogP contribution is 2.22. The van der Waals surface area contributed by atoms with Crippen molar-refractivity contribution in [3.8, 4) is 0 Å². The lowest BCUT2D eigenvalue weighted by Gasteiger charge is -2.22. The fourth-order valence-electron chi connectivity index (χ4n) is 1.76. The molecule has 0 saturated heterocycles. The van der Waals surface area contributed by atoms with Crippen LogP contribution in [0.15, 0.2) is 30.3 Å². The van der Waals surface area contributed by atoms with Crippen molar-refractivity contribution >= 4 is 9.28 Å². The van der Waals surface area contributed by atoms with Crippen molar-refractivity contribution in [3.05, 3.63) is 35.9 Å². The summed E-state index contributed by atoms with van der Waals surface area (Å²) in [6, 6.07) is 10.3. The van der Waals surface area contributed by atoms with Crippen LogP contribution in [0.1, 0.15) is 17.5 Å². The van der Waals surface area contributed by atoms with Gasteiger partial charge in [-0.2, -0.15) is 0 Å². The van der Waals surface area contributed by atoms with E-state index >= 15 is 0 Å². The summed E-state index contributed by atoms with van der Waals surface area (Å²) >= 11 is 0. The summed E-state index contributed by atoms with van der Waals surface area (Å²) in [4.78, 5) is 0. The third-order valence-corrected chi connectivity index (χ3v) is 4.80. The van der Waals surface area contributed by atoms with Crippen LogP contribution in [0.4, 0.5) is 0 Å². The van der Waals surface area contributed by atoms with Gasteiger partial charge in [-0.3, -0.25) is 0 Å². The average molecular weight is 225 g/mol. The molecule has 15 heavy (non-hydrogen) atoms. The minimum Gasteiger partial charge on any atom is -0.400 e. The first kappa shape index (κ1) is 12.4. The predicted octanol–water partition coefficient (Wildman–Crippen LogP) is 1.17. The van der Waals surface area contributed by atoms with Crippen molar-refractivity contribution in [3.63, 3.8) is 0 Å². The van der Waals surface area contributed by atoms with Crippen LogP contribution in [0.5, 0.6) is 0 Å². The standard InChI is InChI=1S/C11H19NO2Si/c1-13-15(14-2)11(8-9-12)10-6-4-3-5-7-10/h3-7,11,15H,8-9,12H2,1-2H3. The molecule has 0 aliphatic carbocycles. The molecule has 1 atom stereocenters. The van der Waals surface area contributed by atoms with Crippen LogP contribution in [-0.2, 0) is 8.85 Å². The van der Waals surface area contributed by atoms with Crippen LogP contribution in [0, 0.1) is 0 Å². The van der Waals surface area contributed by atoms with E-state index in [4.69, 9.17) is 14.6 Å². The van der Waals surface area contributed by atoms with Gasteiger partial charge in [0.2, 0.25) is 0 Å². The third kappa shape index (κ3) is 3.42. The van der Waals surface area contributed by atoms with Gasteiger partial charge in [0.15, 0.2) is 0 Å². The second-order valence-electron chi connectivity index (χ2n) is 3.43. The summed E-state index contributed by atoms with van der Waals surface area (Å²) in [6.07, 6.45) is 0.919. The molecule has 0 heterocycles.